The molecule has 4 atom stereocenters. The topological polar surface area (TPSA) is 149 Å². The van der Waals surface area contributed by atoms with Crippen LogP contribution >= 0.6 is 23.2 Å². The quantitative estimate of drug-likeness (QED) is 0.369. The lowest BCUT2D eigenvalue weighted by Crippen LogP contribution is -2.52. The lowest BCUT2D eigenvalue weighted by molar-refractivity contribution is -0.127. The largest absolute Gasteiger partial charge is 0.396 e. The number of benzene rings is 2. The summed E-state index contributed by atoms with van der Waals surface area (Å²) in [5.41, 5.74) is 0.870. The summed E-state index contributed by atoms with van der Waals surface area (Å²) in [4.78, 5) is 57.6. The molecule has 2 aromatic rings. The molecule has 6 amide bonds. The van der Waals surface area contributed by atoms with Crippen LogP contribution in [0.4, 0.5) is 21.0 Å². The summed E-state index contributed by atoms with van der Waals surface area (Å²) < 4.78 is 0. The Morgan fingerprint density at radius 2 is 1.17 bits per heavy atom. The van der Waals surface area contributed by atoms with E-state index in [9.17, 15) is 24.3 Å². The number of urea groups is 2. The molecule has 0 radical (unpaired) electrons. The summed E-state index contributed by atoms with van der Waals surface area (Å²) in [5, 5.41) is 28.4. The Morgan fingerprint density at radius 3 is 1.54 bits per heavy atom. The summed E-state index contributed by atoms with van der Waals surface area (Å²) in [5.74, 6) is -0.574. The third-order valence-corrected chi connectivity index (χ3v) is 12.0. The van der Waals surface area contributed by atoms with Crippen LogP contribution in [-0.2, 0) is 9.59 Å². The van der Waals surface area contributed by atoms with Crippen LogP contribution in [0.3, 0.4) is 0 Å². The van der Waals surface area contributed by atoms with E-state index in [1.54, 1.807) is 51.0 Å². The first-order chi connectivity index (χ1) is 22.8. The molecule has 2 saturated carbocycles. The van der Waals surface area contributed by atoms with Crippen LogP contribution in [0.25, 0.3) is 0 Å². The van der Waals surface area contributed by atoms with Gasteiger partial charge in [0.05, 0.1) is 32.5 Å². The zero-order valence-electron chi connectivity index (χ0n) is 27.6. The van der Waals surface area contributed by atoms with Gasteiger partial charge in [0, 0.05) is 26.6 Å². The first-order valence-corrected chi connectivity index (χ1v) is 16.8. The molecule has 252 valence electrons. The summed E-state index contributed by atoms with van der Waals surface area (Å²) in [6, 6.07) is 9.54. The highest BCUT2D eigenvalue weighted by Crippen LogP contribution is 2.49. The van der Waals surface area contributed by atoms with E-state index in [-0.39, 0.29) is 46.3 Å². The number of carbonyl (C=O) groups is 4. The third-order valence-electron chi connectivity index (χ3n) is 11.0. The highest BCUT2D eigenvalue weighted by atomic mass is 35.5. The Bertz CT molecular complexity index is 1670. The number of carbonyl (C=O) groups excluding carboxylic acids is 4. The van der Waals surface area contributed by atoms with Crippen LogP contribution in [0.5, 0.6) is 0 Å². The molecule has 6 rings (SSSR count). The van der Waals surface area contributed by atoms with Crippen LogP contribution < -0.4 is 9.80 Å². The van der Waals surface area contributed by atoms with Crippen molar-refractivity contribution < 1.29 is 24.3 Å². The maximum absolute atomic E-state index is 13.3. The van der Waals surface area contributed by atoms with Gasteiger partial charge in [-0.2, -0.15) is 10.5 Å². The maximum Gasteiger partial charge on any atom is 0.332 e. The monoisotopic (exact) mass is 692 g/mol. The molecule has 2 saturated heterocycles. The van der Waals surface area contributed by atoms with Crippen molar-refractivity contribution in [2.45, 2.75) is 76.8 Å². The molecular formula is C35H38Cl2N6O5. The normalized spacial score (nSPS) is 26.5. The van der Waals surface area contributed by atoms with E-state index < -0.39 is 17.1 Å². The number of hydrogen-bond acceptors (Lipinski definition) is 7. The molecule has 0 bridgehead atoms. The molecule has 2 spiro atoms. The zero-order valence-corrected chi connectivity index (χ0v) is 29.2. The van der Waals surface area contributed by atoms with Gasteiger partial charge in [0.15, 0.2) is 0 Å². The van der Waals surface area contributed by atoms with Crippen molar-refractivity contribution in [2.24, 2.45) is 11.8 Å². The molecular weight excluding hydrogens is 655 g/mol. The molecule has 13 heteroatoms. The van der Waals surface area contributed by atoms with Crippen molar-refractivity contribution in [1.82, 2.24) is 9.80 Å². The maximum atomic E-state index is 13.3. The van der Waals surface area contributed by atoms with E-state index in [0.717, 1.165) is 30.6 Å². The summed E-state index contributed by atoms with van der Waals surface area (Å²) >= 11 is 12.4. The Kier molecular flexibility index (Phi) is 9.55. The second-order valence-corrected chi connectivity index (χ2v) is 13.7. The molecule has 1 N–H and O–H groups in total. The number of likely N-dealkylation sites (N-methyl/N-ethyl adjacent to an activating group) is 2. The number of amides is 6. The van der Waals surface area contributed by atoms with Crippen molar-refractivity contribution in [3.8, 4) is 12.1 Å². The van der Waals surface area contributed by atoms with Gasteiger partial charge in [0.2, 0.25) is 0 Å². The van der Waals surface area contributed by atoms with Gasteiger partial charge < -0.3 is 14.9 Å². The molecule has 0 aromatic heterocycles. The second kappa shape index (κ2) is 13.0. The van der Waals surface area contributed by atoms with Gasteiger partial charge in [-0.3, -0.25) is 9.59 Å². The Morgan fingerprint density at radius 1 is 0.771 bits per heavy atom. The third kappa shape index (κ3) is 4.86. The standard InChI is InChI=1S/C18H20ClN3O2.C17H18ClN3O3/c1-4-13-6-5-9-18(13)16(23)22(17(24)21(18)3)14-8-7-12(10-20)15(19)11(14)2;1-10-13(6-5-11(8-19)14(10)18)21-15(23)17(20(2)16(21)24)7-3-4-12(17)9-22/h7-8,13H,4-6,9H2,1-3H3;5-6,12,22H,3-4,7,9H2,1-2H3. The highest BCUT2D eigenvalue weighted by Gasteiger charge is 2.63. The van der Waals surface area contributed by atoms with Crippen LogP contribution in [0.2, 0.25) is 10.0 Å². The van der Waals surface area contributed by atoms with Crippen molar-refractivity contribution in [3.63, 3.8) is 0 Å². The van der Waals surface area contributed by atoms with E-state index in [1.165, 1.54) is 15.9 Å². The molecule has 4 fully saturated rings. The van der Waals surface area contributed by atoms with Gasteiger partial charge in [-0.25, -0.2) is 19.4 Å². The predicted molar refractivity (Wildman–Crippen MR) is 181 cm³/mol. The number of halogens is 2. The van der Waals surface area contributed by atoms with E-state index in [2.05, 4.69) is 6.92 Å². The second-order valence-electron chi connectivity index (χ2n) is 12.9. The molecule has 48 heavy (non-hydrogen) atoms. The lowest BCUT2D eigenvalue weighted by Gasteiger charge is -2.33. The number of imide groups is 2. The summed E-state index contributed by atoms with van der Waals surface area (Å²) in [6.45, 7) is 5.35. The molecule has 2 aromatic carbocycles. The van der Waals surface area contributed by atoms with E-state index in [4.69, 9.17) is 33.7 Å². The van der Waals surface area contributed by atoms with Crippen LogP contribution in [0.1, 0.15) is 74.1 Å². The average Bonchev–Trinajstić information content (AvgIpc) is 3.81. The van der Waals surface area contributed by atoms with Gasteiger partial charge in [-0.15, -0.1) is 0 Å². The lowest BCUT2D eigenvalue weighted by atomic mass is 9.84. The fourth-order valence-corrected chi connectivity index (χ4v) is 8.68. The SMILES string of the molecule is CCC1CCCC12C(=O)N(c1ccc(C#N)c(Cl)c1C)C(=O)N2C.Cc1c(N2C(=O)N(C)C3(CCCC3CO)C2=O)ccc(C#N)c1Cl. The Balaban J connectivity index is 0.000000188. The molecule has 2 heterocycles. The predicted octanol–water partition coefficient (Wildman–Crippen LogP) is 6.32. The number of nitriles is 2. The van der Waals surface area contributed by atoms with Gasteiger partial charge in [0.1, 0.15) is 23.2 Å². The smallest absolute Gasteiger partial charge is 0.332 e. The average molecular weight is 694 g/mol. The van der Waals surface area contributed by atoms with E-state index >= 15 is 0 Å². The molecule has 4 unspecified atom stereocenters. The molecule has 11 nitrogen and oxygen atoms in total. The number of hydrogen-bond donors (Lipinski definition) is 1. The van der Waals surface area contributed by atoms with Crippen LogP contribution in [-0.4, -0.2) is 70.6 Å². The number of rotatable bonds is 4. The van der Waals surface area contributed by atoms with Crippen molar-refractivity contribution >= 4 is 58.5 Å². The first kappa shape index (κ1) is 35.2. The number of aliphatic hydroxyl groups is 1. The van der Waals surface area contributed by atoms with Gasteiger partial charge >= 0.3 is 12.1 Å². The number of anilines is 2. The number of nitrogens with zero attached hydrogens (tertiary/aromatic N) is 6. The van der Waals surface area contributed by atoms with Crippen LogP contribution in [0, 0.1) is 48.3 Å². The minimum atomic E-state index is -0.987. The molecule has 2 aliphatic heterocycles. The zero-order chi connectivity index (χ0) is 35.3. The molecule has 4 aliphatic rings. The van der Waals surface area contributed by atoms with Crippen molar-refractivity contribution in [3.05, 3.63) is 56.6 Å². The van der Waals surface area contributed by atoms with Gasteiger partial charge in [-0.05, 0) is 80.8 Å². The fraction of sp³-hybridized carbons (Fsp3) is 0.486. The first-order valence-electron chi connectivity index (χ1n) is 16.0. The Hall–Kier alpha value is -4.16. The van der Waals surface area contributed by atoms with E-state index in [0.29, 0.717) is 52.9 Å². The summed E-state index contributed by atoms with van der Waals surface area (Å²) in [6.07, 6.45) is 5.51. The minimum absolute atomic E-state index is 0.135. The highest BCUT2D eigenvalue weighted by molar-refractivity contribution is 6.34. The molecule has 2 aliphatic carbocycles. The van der Waals surface area contributed by atoms with Gasteiger partial charge in [0.25, 0.3) is 11.8 Å². The van der Waals surface area contributed by atoms with E-state index in [1.807, 2.05) is 12.1 Å². The minimum Gasteiger partial charge on any atom is -0.396 e. The van der Waals surface area contributed by atoms with Gasteiger partial charge in [-0.1, -0.05) is 49.4 Å². The number of aliphatic hydroxyl groups excluding tert-OH is 1. The van der Waals surface area contributed by atoms with Crippen LogP contribution in [0.15, 0.2) is 24.3 Å². The fourth-order valence-electron chi connectivity index (χ4n) is 8.27. The summed E-state index contributed by atoms with van der Waals surface area (Å²) in [7, 11) is 3.32. The van der Waals surface area contributed by atoms with Crippen molar-refractivity contribution in [1.29, 1.82) is 10.5 Å². The Labute approximate surface area is 290 Å². The van der Waals surface area contributed by atoms with Crippen molar-refractivity contribution in [2.75, 3.05) is 30.5 Å².